The van der Waals surface area contributed by atoms with Gasteiger partial charge in [0.2, 0.25) is 0 Å². The van der Waals surface area contributed by atoms with Crippen molar-refractivity contribution in [1.29, 1.82) is 0 Å². The maximum Gasteiger partial charge on any atom is 0.160 e. The lowest BCUT2D eigenvalue weighted by molar-refractivity contribution is -0.306. The molecule has 0 fully saturated rings. The van der Waals surface area contributed by atoms with Crippen LogP contribution in [-0.4, -0.2) is 20.5 Å². The molecule has 0 saturated heterocycles. The number of carbonyl (C=O) groups excluding carboxylic acids is 1. The van der Waals surface area contributed by atoms with E-state index in [-0.39, 0.29) is 6.54 Å². The number of nitrogens with zero attached hydrogens (tertiary/aromatic N) is 3. The molecule has 0 N–H and O–H groups in total. The molecule has 0 aliphatic heterocycles. The van der Waals surface area contributed by atoms with Crippen molar-refractivity contribution in [2.24, 2.45) is 0 Å². The number of fused-ring (bicyclic) bond motifs is 4. The fourth-order valence-electron chi connectivity index (χ4n) is 2.67. The van der Waals surface area contributed by atoms with Gasteiger partial charge >= 0.3 is 0 Å². The molecule has 0 aliphatic carbocycles. The van der Waals surface area contributed by atoms with Crippen LogP contribution in [0, 0.1) is 0 Å². The summed E-state index contributed by atoms with van der Waals surface area (Å²) in [7, 11) is 0. The Kier molecular flexibility index (Phi) is 2.41. The smallest absolute Gasteiger partial charge is 0.160 e. The van der Waals surface area contributed by atoms with Crippen LogP contribution in [0.2, 0.25) is 0 Å². The van der Waals surface area contributed by atoms with E-state index >= 15 is 0 Å². The predicted octanol–water partition coefficient (Wildman–Crippen LogP) is 1.49. The number of carbonyl (C=O) groups is 1. The van der Waals surface area contributed by atoms with E-state index in [0.717, 1.165) is 21.9 Å². The number of hydrogen-bond donors (Lipinski definition) is 0. The van der Waals surface area contributed by atoms with E-state index in [1.54, 1.807) is 4.57 Å². The average Bonchev–Trinajstić information content (AvgIpc) is 2.79. The van der Waals surface area contributed by atoms with Gasteiger partial charge in [-0.15, -0.1) is 0 Å². The fourth-order valence-corrected chi connectivity index (χ4v) is 2.67. The zero-order valence-electron chi connectivity index (χ0n) is 11.0. The number of rotatable bonds is 2. The second kappa shape index (κ2) is 4.28. The topological polar surface area (TPSA) is 70.8 Å². The highest BCUT2D eigenvalue weighted by molar-refractivity contribution is 6.06. The highest BCUT2D eigenvalue weighted by Gasteiger charge is 2.13. The molecule has 2 aromatic heterocycles. The molecule has 5 heteroatoms. The van der Waals surface area contributed by atoms with Crippen molar-refractivity contribution in [3.63, 3.8) is 0 Å². The van der Waals surface area contributed by atoms with E-state index in [9.17, 15) is 9.90 Å². The van der Waals surface area contributed by atoms with Crippen molar-refractivity contribution in [2.75, 3.05) is 0 Å². The largest absolute Gasteiger partial charge is 0.548 e. The van der Waals surface area contributed by atoms with Crippen molar-refractivity contribution in [3.8, 4) is 0 Å². The Morgan fingerprint density at radius 3 is 2.43 bits per heavy atom. The van der Waals surface area contributed by atoms with Crippen LogP contribution < -0.4 is 5.11 Å². The third kappa shape index (κ3) is 1.74. The molecular formula is C16H10N3O2-. The molecule has 0 aliphatic rings. The molecule has 0 radical (unpaired) electrons. The minimum Gasteiger partial charge on any atom is -0.548 e. The minimum atomic E-state index is -1.15. The number of carboxylic acids is 1. The second-order valence-electron chi connectivity index (χ2n) is 4.86. The summed E-state index contributed by atoms with van der Waals surface area (Å²) in [6.07, 6.45) is 0. The number of carboxylic acid groups (broad SMARTS) is 1. The maximum absolute atomic E-state index is 11.0. The maximum atomic E-state index is 11.0. The molecular weight excluding hydrogens is 266 g/mol. The fraction of sp³-hybridized carbons (Fsp3) is 0.0625. The summed E-state index contributed by atoms with van der Waals surface area (Å²) in [4.78, 5) is 20.3. The molecule has 2 heterocycles. The average molecular weight is 276 g/mol. The summed E-state index contributed by atoms with van der Waals surface area (Å²) in [5.74, 6) is -1.15. The van der Waals surface area contributed by atoms with Gasteiger partial charge in [-0.05, 0) is 18.2 Å². The number of aromatic nitrogens is 3. The van der Waals surface area contributed by atoms with Gasteiger partial charge in [-0.1, -0.05) is 30.3 Å². The third-order valence-electron chi connectivity index (χ3n) is 3.54. The van der Waals surface area contributed by atoms with Crippen molar-refractivity contribution in [3.05, 3.63) is 48.5 Å². The van der Waals surface area contributed by atoms with Gasteiger partial charge in [-0.2, -0.15) is 0 Å². The summed E-state index contributed by atoms with van der Waals surface area (Å²) in [5.41, 5.74) is 3.62. The summed E-state index contributed by atoms with van der Waals surface area (Å²) in [5, 5.41) is 11.9. The summed E-state index contributed by atoms with van der Waals surface area (Å²) >= 11 is 0. The first kappa shape index (κ1) is 11.8. The molecule has 0 spiro atoms. The van der Waals surface area contributed by atoms with E-state index in [2.05, 4.69) is 9.97 Å². The number of hydrogen-bond acceptors (Lipinski definition) is 4. The van der Waals surface area contributed by atoms with Gasteiger partial charge in [0.05, 0.1) is 29.1 Å². The Balaban J connectivity index is 2.20. The van der Waals surface area contributed by atoms with E-state index in [0.29, 0.717) is 11.2 Å². The first-order valence-corrected chi connectivity index (χ1v) is 6.57. The summed E-state index contributed by atoms with van der Waals surface area (Å²) in [6, 6.07) is 15.1. The molecule has 0 saturated carbocycles. The lowest BCUT2D eigenvalue weighted by Crippen LogP contribution is -2.27. The van der Waals surface area contributed by atoms with Gasteiger partial charge in [0.25, 0.3) is 0 Å². The normalized spacial score (nSPS) is 11.4. The first-order chi connectivity index (χ1) is 10.2. The second-order valence-corrected chi connectivity index (χ2v) is 4.86. The van der Waals surface area contributed by atoms with Gasteiger partial charge in [-0.3, -0.25) is 0 Å². The Labute approximate surface area is 119 Å². The third-order valence-corrected chi connectivity index (χ3v) is 3.54. The summed E-state index contributed by atoms with van der Waals surface area (Å²) in [6.45, 7) is -0.239. The van der Waals surface area contributed by atoms with Crippen molar-refractivity contribution >= 4 is 39.1 Å². The van der Waals surface area contributed by atoms with Crippen LogP contribution in [0.5, 0.6) is 0 Å². The quantitative estimate of drug-likeness (QED) is 0.556. The first-order valence-electron chi connectivity index (χ1n) is 6.57. The van der Waals surface area contributed by atoms with E-state index in [4.69, 9.17) is 0 Å². The minimum absolute atomic E-state index is 0.239. The molecule has 0 unspecified atom stereocenters. The van der Waals surface area contributed by atoms with Gasteiger partial charge in [-0.25, -0.2) is 9.97 Å². The molecule has 5 nitrogen and oxygen atoms in total. The number of para-hydroxylation sites is 3. The SMILES string of the molecule is O=C([O-])Cn1c2ccccc2c2nc3ccccc3nc21. The zero-order valence-corrected chi connectivity index (χ0v) is 11.0. The van der Waals surface area contributed by atoms with Crippen molar-refractivity contribution < 1.29 is 9.90 Å². The molecule has 0 atom stereocenters. The van der Waals surface area contributed by atoms with Gasteiger partial charge in [0, 0.05) is 5.39 Å². The molecule has 102 valence electrons. The van der Waals surface area contributed by atoms with Crippen LogP contribution in [0.15, 0.2) is 48.5 Å². The van der Waals surface area contributed by atoms with Crippen LogP contribution in [0.4, 0.5) is 0 Å². The van der Waals surface area contributed by atoms with Crippen LogP contribution >= 0.6 is 0 Å². The lowest BCUT2D eigenvalue weighted by atomic mass is 10.2. The molecule has 4 aromatic rings. The number of benzene rings is 2. The molecule has 0 amide bonds. The van der Waals surface area contributed by atoms with E-state index in [1.165, 1.54) is 0 Å². The van der Waals surface area contributed by atoms with Crippen LogP contribution in [0.25, 0.3) is 33.1 Å². The Bertz CT molecular complexity index is 1000. The zero-order chi connectivity index (χ0) is 14.4. The van der Waals surface area contributed by atoms with E-state index < -0.39 is 5.97 Å². The van der Waals surface area contributed by atoms with Crippen molar-refractivity contribution in [2.45, 2.75) is 6.54 Å². The highest BCUT2D eigenvalue weighted by atomic mass is 16.4. The Morgan fingerprint density at radius 1 is 1.00 bits per heavy atom. The highest BCUT2D eigenvalue weighted by Crippen LogP contribution is 2.27. The van der Waals surface area contributed by atoms with Crippen molar-refractivity contribution in [1.82, 2.24) is 14.5 Å². The Morgan fingerprint density at radius 2 is 1.67 bits per heavy atom. The lowest BCUT2D eigenvalue weighted by Gasteiger charge is -2.07. The van der Waals surface area contributed by atoms with Crippen LogP contribution in [-0.2, 0) is 11.3 Å². The summed E-state index contributed by atoms with van der Waals surface area (Å²) < 4.78 is 1.64. The van der Waals surface area contributed by atoms with Gasteiger partial charge in [0.15, 0.2) is 5.65 Å². The van der Waals surface area contributed by atoms with E-state index in [1.807, 2.05) is 48.5 Å². The van der Waals surface area contributed by atoms with Crippen LogP contribution in [0.3, 0.4) is 0 Å². The van der Waals surface area contributed by atoms with Gasteiger partial charge < -0.3 is 14.5 Å². The predicted molar refractivity (Wildman–Crippen MR) is 77.5 cm³/mol. The number of aliphatic carboxylic acids is 1. The molecule has 4 rings (SSSR count). The monoisotopic (exact) mass is 276 g/mol. The standard InChI is InChI=1S/C16H11N3O2/c20-14(21)9-19-13-8-4-1-5-10(13)15-16(19)18-12-7-3-2-6-11(12)17-15/h1-8H,9H2,(H,20,21)/p-1. The molecule has 21 heavy (non-hydrogen) atoms. The van der Waals surface area contributed by atoms with Gasteiger partial charge in [0.1, 0.15) is 5.52 Å². The molecule has 2 aromatic carbocycles. The Hall–Kier alpha value is -2.95. The van der Waals surface area contributed by atoms with Crippen LogP contribution in [0.1, 0.15) is 0 Å². The molecule has 0 bridgehead atoms.